The summed E-state index contributed by atoms with van der Waals surface area (Å²) in [5.74, 6) is -0.443. The fourth-order valence-electron chi connectivity index (χ4n) is 2.57. The molecule has 0 spiro atoms. The molecular weight excluding hydrogens is 324 g/mol. The highest BCUT2D eigenvalue weighted by Gasteiger charge is 2.37. The number of halogens is 1. The van der Waals surface area contributed by atoms with Gasteiger partial charge in [0.15, 0.2) is 17.3 Å². The smallest absolute Gasteiger partial charge is 0.192 e. The third kappa shape index (κ3) is 1.98. The number of ether oxygens (including phenoxy) is 1. The van der Waals surface area contributed by atoms with Crippen LogP contribution in [0.1, 0.15) is 27.1 Å². The number of ketones is 3. The molecule has 2 aliphatic rings. The van der Waals surface area contributed by atoms with Gasteiger partial charge in [0.05, 0.1) is 11.9 Å². The first-order valence-electron chi connectivity index (χ1n) is 6.24. The lowest BCUT2D eigenvalue weighted by atomic mass is 9.80. The molecule has 1 aliphatic carbocycles. The van der Waals surface area contributed by atoms with E-state index in [4.69, 9.17) is 4.74 Å². The van der Waals surface area contributed by atoms with Crippen molar-refractivity contribution in [2.45, 2.75) is 12.5 Å². The molecule has 0 N–H and O–H groups in total. The van der Waals surface area contributed by atoms with E-state index in [-0.39, 0.29) is 35.7 Å². The van der Waals surface area contributed by atoms with Crippen LogP contribution in [0.4, 0.5) is 0 Å². The van der Waals surface area contributed by atoms with E-state index in [9.17, 15) is 14.4 Å². The first-order chi connectivity index (χ1) is 9.63. The molecule has 1 aromatic carbocycles. The molecule has 0 bridgehead atoms. The summed E-state index contributed by atoms with van der Waals surface area (Å²) in [6.07, 6.45) is -0.464. The van der Waals surface area contributed by atoms with Gasteiger partial charge in [-0.3, -0.25) is 14.4 Å². The van der Waals surface area contributed by atoms with Gasteiger partial charge in [0, 0.05) is 28.7 Å². The van der Waals surface area contributed by atoms with Gasteiger partial charge in [0.2, 0.25) is 0 Å². The van der Waals surface area contributed by atoms with Crippen molar-refractivity contribution in [3.05, 3.63) is 46.5 Å². The number of hydrogen-bond donors (Lipinski definition) is 0. The summed E-state index contributed by atoms with van der Waals surface area (Å²) in [6, 6.07) is 6.76. The molecule has 0 amide bonds. The number of benzene rings is 1. The van der Waals surface area contributed by atoms with Gasteiger partial charge < -0.3 is 4.74 Å². The molecule has 4 nitrogen and oxygen atoms in total. The van der Waals surface area contributed by atoms with E-state index >= 15 is 0 Å². The lowest BCUT2D eigenvalue weighted by molar-refractivity contribution is -0.127. The summed E-state index contributed by atoms with van der Waals surface area (Å²) in [6.45, 7) is 0.0254. The van der Waals surface area contributed by atoms with Crippen molar-refractivity contribution in [3.8, 4) is 0 Å². The number of hydrogen-bond acceptors (Lipinski definition) is 4. The third-order valence-electron chi connectivity index (χ3n) is 3.64. The fourth-order valence-corrected chi connectivity index (χ4v) is 2.93. The number of fused-ring (bicyclic) bond motifs is 1. The number of carbonyl (C=O) groups is 3. The molecule has 0 radical (unpaired) electrons. The first kappa shape index (κ1) is 13.4. The van der Waals surface area contributed by atoms with Gasteiger partial charge in [0.1, 0.15) is 6.10 Å². The number of alkyl halides is 1. The van der Waals surface area contributed by atoms with Crippen LogP contribution in [0.25, 0.3) is 0 Å². The predicted octanol–water partition coefficient (Wildman–Crippen LogP) is 2.12. The van der Waals surface area contributed by atoms with Crippen molar-refractivity contribution in [1.29, 1.82) is 0 Å². The van der Waals surface area contributed by atoms with Crippen molar-refractivity contribution >= 4 is 33.3 Å². The van der Waals surface area contributed by atoms with Crippen LogP contribution in [0.5, 0.6) is 0 Å². The van der Waals surface area contributed by atoms with E-state index < -0.39 is 6.10 Å². The van der Waals surface area contributed by atoms with Crippen LogP contribution < -0.4 is 0 Å². The van der Waals surface area contributed by atoms with Gasteiger partial charge in [-0.1, -0.05) is 40.2 Å². The van der Waals surface area contributed by atoms with Gasteiger partial charge in [-0.2, -0.15) is 0 Å². The zero-order valence-corrected chi connectivity index (χ0v) is 12.1. The molecule has 0 saturated carbocycles. The minimum absolute atomic E-state index is 0.0254. The Hall–Kier alpha value is -1.59. The number of rotatable bonds is 2. The van der Waals surface area contributed by atoms with Crippen molar-refractivity contribution < 1.29 is 19.1 Å². The van der Waals surface area contributed by atoms with Gasteiger partial charge in [-0.05, 0) is 0 Å². The van der Waals surface area contributed by atoms with Crippen molar-refractivity contribution in [1.82, 2.24) is 0 Å². The molecule has 0 fully saturated rings. The Morgan fingerprint density at radius 2 is 1.75 bits per heavy atom. The van der Waals surface area contributed by atoms with Gasteiger partial charge >= 0.3 is 0 Å². The summed E-state index contributed by atoms with van der Waals surface area (Å²) in [5.41, 5.74) is 1.67. The standard InChI is InChI=1S/C15H11BrO4/c16-6-12(17)13-5-10-11(7-20-13)15(19)9-4-2-1-3-8(9)14(10)18/h1-4,13H,5-7H2. The molecule has 20 heavy (non-hydrogen) atoms. The SMILES string of the molecule is O=C1C2=C(CC(C(=O)CBr)OC2)C(=O)c2ccccc21. The normalized spacial score (nSPS) is 21.6. The molecule has 1 heterocycles. The Kier molecular flexibility index (Phi) is 3.40. The highest BCUT2D eigenvalue weighted by Crippen LogP contribution is 2.32. The highest BCUT2D eigenvalue weighted by atomic mass is 79.9. The van der Waals surface area contributed by atoms with Gasteiger partial charge in [-0.15, -0.1) is 0 Å². The van der Waals surface area contributed by atoms with Crippen LogP contribution >= 0.6 is 15.9 Å². The number of carbonyl (C=O) groups excluding carboxylic acids is 3. The summed E-state index contributed by atoms with van der Waals surface area (Å²) in [7, 11) is 0. The van der Waals surface area contributed by atoms with E-state index in [0.717, 1.165) is 0 Å². The van der Waals surface area contributed by atoms with Crippen molar-refractivity contribution in [2.24, 2.45) is 0 Å². The van der Waals surface area contributed by atoms with Crippen molar-refractivity contribution in [2.75, 3.05) is 11.9 Å². The molecule has 1 aliphatic heterocycles. The van der Waals surface area contributed by atoms with Crippen LogP contribution in [-0.4, -0.2) is 35.4 Å². The van der Waals surface area contributed by atoms with E-state index in [1.165, 1.54) is 0 Å². The topological polar surface area (TPSA) is 60.4 Å². The summed E-state index contributed by atoms with van der Waals surface area (Å²) >= 11 is 3.09. The first-order valence-corrected chi connectivity index (χ1v) is 7.36. The Morgan fingerprint density at radius 3 is 2.35 bits per heavy atom. The monoisotopic (exact) mass is 334 g/mol. The molecule has 0 aromatic heterocycles. The van der Waals surface area contributed by atoms with Crippen LogP contribution in [-0.2, 0) is 9.53 Å². The maximum absolute atomic E-state index is 12.5. The van der Waals surface area contributed by atoms with Crippen LogP contribution in [0.15, 0.2) is 35.4 Å². The van der Waals surface area contributed by atoms with Crippen LogP contribution in [0.2, 0.25) is 0 Å². The van der Waals surface area contributed by atoms with Crippen LogP contribution in [0.3, 0.4) is 0 Å². The van der Waals surface area contributed by atoms with Gasteiger partial charge in [-0.25, -0.2) is 0 Å². The molecule has 5 heteroatoms. The predicted molar refractivity (Wildman–Crippen MR) is 75.3 cm³/mol. The summed E-state index contributed by atoms with van der Waals surface area (Å²) in [4.78, 5) is 36.5. The summed E-state index contributed by atoms with van der Waals surface area (Å²) < 4.78 is 5.42. The van der Waals surface area contributed by atoms with Crippen molar-refractivity contribution in [3.63, 3.8) is 0 Å². The zero-order valence-electron chi connectivity index (χ0n) is 10.5. The minimum Gasteiger partial charge on any atom is -0.365 e. The Labute approximate surface area is 123 Å². The number of Topliss-reactive ketones (excluding diaryl/α,β-unsaturated/α-hetero) is 3. The highest BCUT2D eigenvalue weighted by molar-refractivity contribution is 9.09. The molecule has 3 rings (SSSR count). The molecular formula is C15H11BrO4. The van der Waals surface area contributed by atoms with Gasteiger partial charge in [0.25, 0.3) is 0 Å². The molecule has 1 atom stereocenters. The van der Waals surface area contributed by atoms with E-state index in [1.807, 2.05) is 0 Å². The largest absolute Gasteiger partial charge is 0.365 e. The quantitative estimate of drug-likeness (QED) is 0.777. The Bertz CT molecular complexity index is 660. The minimum atomic E-state index is -0.643. The molecule has 1 aromatic rings. The van der Waals surface area contributed by atoms with Crippen LogP contribution in [0, 0.1) is 0 Å². The van der Waals surface area contributed by atoms with E-state index in [1.54, 1.807) is 24.3 Å². The summed E-state index contributed by atoms with van der Waals surface area (Å²) in [5, 5.41) is 0.180. The molecule has 102 valence electrons. The second-order valence-electron chi connectivity index (χ2n) is 4.76. The Balaban J connectivity index is 2.02. The lowest BCUT2D eigenvalue weighted by Gasteiger charge is -2.28. The molecule has 0 saturated heterocycles. The second-order valence-corrected chi connectivity index (χ2v) is 5.33. The second kappa shape index (κ2) is 5.07. The average Bonchev–Trinajstić information content (AvgIpc) is 2.51. The van der Waals surface area contributed by atoms with E-state index in [0.29, 0.717) is 22.3 Å². The third-order valence-corrected chi connectivity index (χ3v) is 4.19. The Morgan fingerprint density at radius 1 is 1.15 bits per heavy atom. The lowest BCUT2D eigenvalue weighted by Crippen LogP contribution is -2.36. The van der Waals surface area contributed by atoms with E-state index in [2.05, 4.69) is 15.9 Å². The average molecular weight is 335 g/mol. The fraction of sp³-hybridized carbons (Fsp3) is 0.267. The molecule has 1 unspecified atom stereocenters. The maximum atomic E-state index is 12.5. The maximum Gasteiger partial charge on any atom is 0.192 e. The zero-order chi connectivity index (χ0) is 14.3.